The molecule has 0 unspecified atom stereocenters. The maximum atomic E-state index is 6.04. The molecule has 0 heterocycles. The molecule has 0 radical (unpaired) electrons. The van der Waals surface area contributed by atoms with E-state index in [2.05, 4.69) is 28.1 Å². The van der Waals surface area contributed by atoms with Crippen molar-refractivity contribution in [2.24, 2.45) is 0 Å². The van der Waals surface area contributed by atoms with Gasteiger partial charge in [0.2, 0.25) is 0 Å². The zero-order valence-corrected chi connectivity index (χ0v) is 15.2. The van der Waals surface area contributed by atoms with E-state index in [1.807, 2.05) is 30.3 Å². The molecule has 0 saturated carbocycles. The summed E-state index contributed by atoms with van der Waals surface area (Å²) in [6.07, 6.45) is 0. The first-order chi connectivity index (χ1) is 11.1. The fraction of sp³-hybridized carbons (Fsp3) is 0.111. The van der Waals surface area contributed by atoms with E-state index in [4.69, 9.17) is 32.7 Å². The van der Waals surface area contributed by atoms with Crippen LogP contribution in [0.15, 0.2) is 59.1 Å². The molecule has 118 valence electrons. The molecule has 2 nitrogen and oxygen atoms in total. The molecular formula is C18H13BrCl2O2. The molecule has 0 amide bonds. The maximum absolute atomic E-state index is 6.04. The number of hydrogen-bond acceptors (Lipinski definition) is 2. The molecular weight excluding hydrogens is 399 g/mol. The number of rotatable bonds is 5. The van der Waals surface area contributed by atoms with E-state index in [0.717, 1.165) is 11.1 Å². The van der Waals surface area contributed by atoms with Crippen molar-refractivity contribution in [1.29, 1.82) is 0 Å². The lowest BCUT2D eigenvalue weighted by Crippen LogP contribution is -2.09. The Hall–Kier alpha value is -1.42. The van der Waals surface area contributed by atoms with Crippen LogP contribution in [0, 0.1) is 0 Å². The zero-order valence-electron chi connectivity index (χ0n) is 12.1. The van der Waals surface area contributed by atoms with Crippen LogP contribution >= 0.6 is 39.1 Å². The molecule has 3 aromatic rings. The number of hydrogen-bond donors (Lipinski definition) is 0. The minimum absolute atomic E-state index is 0.404. The highest BCUT2D eigenvalue weighted by Crippen LogP contribution is 2.34. The Morgan fingerprint density at radius 2 is 1.35 bits per heavy atom. The van der Waals surface area contributed by atoms with Crippen molar-refractivity contribution in [3.63, 3.8) is 0 Å². The predicted molar refractivity (Wildman–Crippen MR) is 99.1 cm³/mol. The smallest absolute Gasteiger partial charge is 0.122 e. The Balaban J connectivity index is 1.56. The van der Waals surface area contributed by atoms with E-state index in [0.29, 0.717) is 33.5 Å². The van der Waals surface area contributed by atoms with Gasteiger partial charge in [-0.05, 0) is 51.0 Å². The normalized spacial score (nSPS) is 10.7. The van der Waals surface area contributed by atoms with E-state index in [9.17, 15) is 0 Å². The van der Waals surface area contributed by atoms with Crippen molar-refractivity contribution in [2.75, 3.05) is 13.2 Å². The molecule has 0 fully saturated rings. The minimum Gasteiger partial charge on any atom is -0.490 e. The van der Waals surface area contributed by atoms with Gasteiger partial charge >= 0.3 is 0 Å². The van der Waals surface area contributed by atoms with E-state index in [-0.39, 0.29) is 0 Å². The Labute approximate surface area is 153 Å². The quantitative estimate of drug-likeness (QED) is 0.358. The summed E-state index contributed by atoms with van der Waals surface area (Å²) in [6, 6.07) is 17.6. The van der Waals surface area contributed by atoms with Gasteiger partial charge < -0.3 is 9.47 Å². The summed E-state index contributed by atoms with van der Waals surface area (Å²) in [5.74, 6) is 1.43. The molecule has 0 spiro atoms. The largest absolute Gasteiger partial charge is 0.490 e. The van der Waals surface area contributed by atoms with Crippen LogP contribution in [-0.2, 0) is 0 Å². The number of fused-ring (bicyclic) bond motifs is 1. The Morgan fingerprint density at radius 3 is 2.04 bits per heavy atom. The summed E-state index contributed by atoms with van der Waals surface area (Å²) in [7, 11) is 0. The van der Waals surface area contributed by atoms with Crippen LogP contribution in [0.25, 0.3) is 10.8 Å². The van der Waals surface area contributed by atoms with Gasteiger partial charge in [-0.3, -0.25) is 0 Å². The Bertz CT molecular complexity index is 813. The average molecular weight is 412 g/mol. The van der Waals surface area contributed by atoms with Crippen LogP contribution in [0.4, 0.5) is 0 Å². The molecule has 3 rings (SSSR count). The van der Waals surface area contributed by atoms with Crippen molar-refractivity contribution >= 4 is 49.9 Å². The fourth-order valence-electron chi connectivity index (χ4n) is 2.19. The van der Waals surface area contributed by atoms with Crippen LogP contribution in [0.2, 0.25) is 10.0 Å². The van der Waals surface area contributed by atoms with Crippen molar-refractivity contribution in [3.05, 3.63) is 69.1 Å². The Morgan fingerprint density at radius 1 is 0.739 bits per heavy atom. The third-order valence-electron chi connectivity index (χ3n) is 3.30. The molecule has 0 atom stereocenters. The monoisotopic (exact) mass is 410 g/mol. The van der Waals surface area contributed by atoms with Crippen molar-refractivity contribution in [1.82, 2.24) is 0 Å². The molecule has 0 N–H and O–H groups in total. The maximum Gasteiger partial charge on any atom is 0.122 e. The third-order valence-corrected chi connectivity index (χ3v) is 5.21. The number of ether oxygens (including phenoxy) is 2. The topological polar surface area (TPSA) is 18.5 Å². The van der Waals surface area contributed by atoms with E-state index in [1.54, 1.807) is 12.1 Å². The lowest BCUT2D eigenvalue weighted by molar-refractivity contribution is 0.217. The molecule has 0 aliphatic heterocycles. The summed E-state index contributed by atoms with van der Waals surface area (Å²) in [4.78, 5) is 0. The lowest BCUT2D eigenvalue weighted by Gasteiger charge is -2.10. The van der Waals surface area contributed by atoms with Gasteiger partial charge in [-0.15, -0.1) is 0 Å². The first-order valence-electron chi connectivity index (χ1n) is 7.02. The first-order valence-corrected chi connectivity index (χ1v) is 8.57. The van der Waals surface area contributed by atoms with Crippen LogP contribution in [0.5, 0.6) is 11.5 Å². The molecule has 3 aromatic carbocycles. The standard InChI is InChI=1S/C18H13BrCl2O2/c19-18-16(20)10-15(11-17(18)21)23-8-7-22-14-6-5-12-3-1-2-4-13(12)9-14/h1-6,9-11H,7-8H2. The average Bonchev–Trinajstić information content (AvgIpc) is 2.56. The second-order valence-electron chi connectivity index (χ2n) is 4.91. The highest BCUT2D eigenvalue weighted by atomic mass is 79.9. The highest BCUT2D eigenvalue weighted by Gasteiger charge is 2.06. The number of benzene rings is 3. The summed E-state index contributed by atoms with van der Waals surface area (Å²) >= 11 is 15.4. The van der Waals surface area contributed by atoms with Gasteiger partial charge in [0, 0.05) is 0 Å². The summed E-state index contributed by atoms with van der Waals surface area (Å²) in [5, 5.41) is 3.37. The first kappa shape index (κ1) is 16.4. The van der Waals surface area contributed by atoms with E-state index >= 15 is 0 Å². The van der Waals surface area contributed by atoms with Gasteiger partial charge in [-0.2, -0.15) is 0 Å². The molecule has 0 aliphatic carbocycles. The predicted octanol–water partition coefficient (Wildman–Crippen LogP) is 6.37. The van der Waals surface area contributed by atoms with Crippen LogP contribution in [0.1, 0.15) is 0 Å². The second-order valence-corrected chi connectivity index (χ2v) is 6.51. The molecule has 0 saturated heterocycles. The van der Waals surface area contributed by atoms with Crippen molar-refractivity contribution < 1.29 is 9.47 Å². The third kappa shape index (κ3) is 4.11. The van der Waals surface area contributed by atoms with E-state index < -0.39 is 0 Å². The summed E-state index contributed by atoms with van der Waals surface area (Å²) < 4.78 is 12.0. The van der Waals surface area contributed by atoms with Crippen LogP contribution in [-0.4, -0.2) is 13.2 Å². The lowest BCUT2D eigenvalue weighted by atomic mass is 10.1. The number of halogens is 3. The van der Waals surface area contributed by atoms with Gasteiger partial charge in [0.15, 0.2) is 0 Å². The Kier molecular flexibility index (Phi) is 5.31. The van der Waals surface area contributed by atoms with Gasteiger partial charge in [0.25, 0.3) is 0 Å². The van der Waals surface area contributed by atoms with Crippen LogP contribution in [0.3, 0.4) is 0 Å². The summed E-state index contributed by atoms with van der Waals surface area (Å²) in [5.41, 5.74) is 0. The van der Waals surface area contributed by atoms with Crippen LogP contribution < -0.4 is 9.47 Å². The molecule has 23 heavy (non-hydrogen) atoms. The molecule has 0 aromatic heterocycles. The zero-order chi connectivity index (χ0) is 16.2. The fourth-order valence-corrected chi connectivity index (χ4v) is 2.89. The van der Waals surface area contributed by atoms with Crippen molar-refractivity contribution in [3.8, 4) is 11.5 Å². The molecule has 0 bridgehead atoms. The van der Waals surface area contributed by atoms with Gasteiger partial charge in [0.1, 0.15) is 24.7 Å². The molecule has 5 heteroatoms. The van der Waals surface area contributed by atoms with E-state index in [1.165, 1.54) is 5.39 Å². The van der Waals surface area contributed by atoms with Gasteiger partial charge in [-0.25, -0.2) is 0 Å². The van der Waals surface area contributed by atoms with Gasteiger partial charge in [0.05, 0.1) is 14.5 Å². The second kappa shape index (κ2) is 7.43. The SMILES string of the molecule is Clc1cc(OCCOc2ccc3ccccc3c2)cc(Cl)c1Br. The van der Waals surface area contributed by atoms with Gasteiger partial charge in [-0.1, -0.05) is 53.5 Å². The minimum atomic E-state index is 0.404. The highest BCUT2D eigenvalue weighted by molar-refractivity contribution is 9.10. The summed E-state index contributed by atoms with van der Waals surface area (Å²) in [6.45, 7) is 0.838. The van der Waals surface area contributed by atoms with Crippen molar-refractivity contribution in [2.45, 2.75) is 0 Å². The molecule has 0 aliphatic rings.